The van der Waals surface area contributed by atoms with Crippen LogP contribution in [0.25, 0.3) is 5.65 Å². The van der Waals surface area contributed by atoms with Gasteiger partial charge in [0.25, 0.3) is 5.56 Å². The predicted molar refractivity (Wildman–Crippen MR) is 57.9 cm³/mol. The molecule has 0 saturated heterocycles. The summed E-state index contributed by atoms with van der Waals surface area (Å²) in [5.74, 6) is 0. The fraction of sp³-hybridized carbons (Fsp3) is 0.273. The lowest BCUT2D eigenvalue weighted by molar-refractivity contribution is 0.899. The summed E-state index contributed by atoms with van der Waals surface area (Å²) < 4.78 is 1.54. The molecule has 0 spiro atoms. The van der Waals surface area contributed by atoms with Gasteiger partial charge in [0.2, 0.25) is 0 Å². The van der Waals surface area contributed by atoms with Crippen molar-refractivity contribution in [3.05, 3.63) is 39.9 Å². The van der Waals surface area contributed by atoms with Gasteiger partial charge in [0.05, 0.1) is 5.69 Å². The molecule has 4 nitrogen and oxygen atoms in total. The molecule has 0 radical (unpaired) electrons. The minimum atomic E-state index is 0.0415. The van der Waals surface area contributed by atoms with Crippen LogP contribution in [0, 0.1) is 0 Å². The van der Waals surface area contributed by atoms with E-state index in [2.05, 4.69) is 4.98 Å². The first-order valence-corrected chi connectivity index (χ1v) is 5.05. The van der Waals surface area contributed by atoms with Crippen LogP contribution in [0.2, 0.25) is 0 Å². The van der Waals surface area contributed by atoms with Crippen molar-refractivity contribution in [3.8, 4) is 0 Å². The number of rotatable bonds is 0. The highest BCUT2D eigenvalue weighted by molar-refractivity contribution is 5.48. The number of aromatic nitrogens is 2. The minimum absolute atomic E-state index is 0.0415. The highest BCUT2D eigenvalue weighted by Gasteiger charge is 2.17. The molecule has 2 heterocycles. The highest BCUT2D eigenvalue weighted by atomic mass is 16.1. The van der Waals surface area contributed by atoms with Crippen LogP contribution in [-0.4, -0.2) is 9.38 Å². The van der Waals surface area contributed by atoms with Gasteiger partial charge in [-0.3, -0.25) is 9.20 Å². The number of anilines is 1. The lowest BCUT2D eigenvalue weighted by atomic mass is 10.2. The highest BCUT2D eigenvalue weighted by Crippen LogP contribution is 2.17. The smallest absolute Gasteiger partial charge is 0.261 e. The van der Waals surface area contributed by atoms with Crippen LogP contribution in [0.15, 0.2) is 23.1 Å². The maximum Gasteiger partial charge on any atom is 0.261 e. The normalized spacial score (nSPS) is 14.4. The first-order chi connectivity index (χ1) is 7.25. The molecule has 0 aliphatic heterocycles. The topological polar surface area (TPSA) is 60.4 Å². The fourth-order valence-electron chi connectivity index (χ4n) is 2.13. The standard InChI is InChI=1S/C11H11N3O/c12-7-4-5-10-13-9-3-1-2-8(9)11(15)14(10)6-7/h4-6H,1-3,12H2. The average molecular weight is 201 g/mol. The van der Waals surface area contributed by atoms with Gasteiger partial charge in [-0.05, 0) is 31.4 Å². The van der Waals surface area contributed by atoms with Gasteiger partial charge in [0, 0.05) is 17.4 Å². The van der Waals surface area contributed by atoms with Crippen molar-refractivity contribution in [1.29, 1.82) is 0 Å². The summed E-state index contributed by atoms with van der Waals surface area (Å²) in [7, 11) is 0. The first kappa shape index (κ1) is 8.47. The Morgan fingerprint density at radius 3 is 3.07 bits per heavy atom. The summed E-state index contributed by atoms with van der Waals surface area (Å²) in [5.41, 5.74) is 8.79. The minimum Gasteiger partial charge on any atom is -0.398 e. The molecule has 76 valence electrons. The summed E-state index contributed by atoms with van der Waals surface area (Å²) >= 11 is 0. The number of pyridine rings is 1. The Morgan fingerprint density at radius 1 is 1.33 bits per heavy atom. The monoisotopic (exact) mass is 201 g/mol. The average Bonchev–Trinajstić information content (AvgIpc) is 2.68. The molecule has 2 N–H and O–H groups in total. The van der Waals surface area contributed by atoms with E-state index in [-0.39, 0.29) is 5.56 Å². The Balaban J connectivity index is 2.47. The van der Waals surface area contributed by atoms with Crippen LogP contribution < -0.4 is 11.3 Å². The lowest BCUT2D eigenvalue weighted by Gasteiger charge is -2.04. The van der Waals surface area contributed by atoms with Gasteiger partial charge < -0.3 is 5.73 Å². The van der Waals surface area contributed by atoms with E-state index >= 15 is 0 Å². The number of hydrogen-bond donors (Lipinski definition) is 1. The molecule has 0 amide bonds. The second-order valence-corrected chi connectivity index (χ2v) is 3.89. The van der Waals surface area contributed by atoms with Crippen LogP contribution in [0.5, 0.6) is 0 Å². The third-order valence-corrected chi connectivity index (χ3v) is 2.87. The van der Waals surface area contributed by atoms with Gasteiger partial charge in [-0.2, -0.15) is 0 Å². The van der Waals surface area contributed by atoms with Crippen LogP contribution >= 0.6 is 0 Å². The van der Waals surface area contributed by atoms with Crippen LogP contribution in [0.1, 0.15) is 17.7 Å². The van der Waals surface area contributed by atoms with Gasteiger partial charge in [0.1, 0.15) is 5.65 Å². The molecule has 2 aromatic rings. The maximum absolute atomic E-state index is 12.0. The number of nitrogen functional groups attached to an aromatic ring is 1. The quantitative estimate of drug-likeness (QED) is 0.684. The number of nitrogens with two attached hydrogens (primary N) is 1. The second kappa shape index (κ2) is 2.82. The van der Waals surface area contributed by atoms with Gasteiger partial charge in [-0.15, -0.1) is 0 Å². The molecule has 15 heavy (non-hydrogen) atoms. The van der Waals surface area contributed by atoms with Gasteiger partial charge >= 0.3 is 0 Å². The SMILES string of the molecule is Nc1ccc2nc3c(c(=O)n2c1)CCC3. The Morgan fingerprint density at radius 2 is 2.20 bits per heavy atom. The number of fused-ring (bicyclic) bond motifs is 2. The zero-order valence-electron chi connectivity index (χ0n) is 8.23. The van der Waals surface area contributed by atoms with Crippen molar-refractivity contribution >= 4 is 11.3 Å². The Hall–Kier alpha value is -1.84. The van der Waals surface area contributed by atoms with E-state index in [4.69, 9.17) is 5.73 Å². The van der Waals surface area contributed by atoms with Gasteiger partial charge in [-0.1, -0.05) is 0 Å². The molecular formula is C11H11N3O. The van der Waals surface area contributed by atoms with Crippen LogP contribution in [-0.2, 0) is 12.8 Å². The first-order valence-electron chi connectivity index (χ1n) is 5.05. The number of hydrogen-bond acceptors (Lipinski definition) is 3. The molecular weight excluding hydrogens is 190 g/mol. The van der Waals surface area contributed by atoms with Crippen molar-refractivity contribution < 1.29 is 0 Å². The maximum atomic E-state index is 12.0. The van der Waals surface area contributed by atoms with E-state index in [1.54, 1.807) is 22.7 Å². The number of nitrogens with zero attached hydrogens (tertiary/aromatic N) is 2. The van der Waals surface area contributed by atoms with E-state index < -0.39 is 0 Å². The Bertz CT molecular complexity index is 601. The van der Waals surface area contributed by atoms with Crippen molar-refractivity contribution in [2.45, 2.75) is 19.3 Å². The summed E-state index contributed by atoms with van der Waals surface area (Å²) in [4.78, 5) is 16.5. The Kier molecular flexibility index (Phi) is 1.59. The summed E-state index contributed by atoms with van der Waals surface area (Å²) in [6.45, 7) is 0. The van der Waals surface area contributed by atoms with Crippen molar-refractivity contribution in [1.82, 2.24) is 9.38 Å². The zero-order valence-corrected chi connectivity index (χ0v) is 8.23. The fourth-order valence-corrected chi connectivity index (χ4v) is 2.13. The predicted octanol–water partition coefficient (Wildman–Crippen LogP) is 0.765. The lowest BCUT2D eigenvalue weighted by Crippen LogP contribution is -2.20. The Labute approximate surface area is 86.4 Å². The third-order valence-electron chi connectivity index (χ3n) is 2.87. The molecule has 3 rings (SSSR count). The molecule has 2 aromatic heterocycles. The van der Waals surface area contributed by atoms with E-state index in [9.17, 15) is 4.79 Å². The number of aryl methyl sites for hydroxylation is 1. The molecule has 0 aromatic carbocycles. The van der Waals surface area contributed by atoms with Crippen molar-refractivity contribution in [3.63, 3.8) is 0 Å². The van der Waals surface area contributed by atoms with Crippen molar-refractivity contribution in [2.75, 3.05) is 5.73 Å². The van der Waals surface area contributed by atoms with E-state index in [0.717, 1.165) is 30.5 Å². The van der Waals surface area contributed by atoms with Crippen LogP contribution in [0.3, 0.4) is 0 Å². The van der Waals surface area contributed by atoms with Crippen LogP contribution in [0.4, 0.5) is 5.69 Å². The molecule has 0 atom stereocenters. The van der Waals surface area contributed by atoms with E-state index in [1.165, 1.54) is 0 Å². The zero-order chi connectivity index (χ0) is 10.4. The van der Waals surface area contributed by atoms with Gasteiger partial charge in [-0.25, -0.2) is 4.98 Å². The molecule has 0 saturated carbocycles. The van der Waals surface area contributed by atoms with E-state index in [1.807, 2.05) is 0 Å². The molecule has 1 aliphatic carbocycles. The molecule has 0 fully saturated rings. The molecule has 0 bridgehead atoms. The van der Waals surface area contributed by atoms with E-state index in [0.29, 0.717) is 11.3 Å². The third kappa shape index (κ3) is 1.14. The largest absolute Gasteiger partial charge is 0.398 e. The molecule has 0 unspecified atom stereocenters. The van der Waals surface area contributed by atoms with Crippen molar-refractivity contribution in [2.24, 2.45) is 0 Å². The van der Waals surface area contributed by atoms with Gasteiger partial charge in [0.15, 0.2) is 0 Å². The second-order valence-electron chi connectivity index (χ2n) is 3.89. The molecule has 1 aliphatic rings. The summed E-state index contributed by atoms with van der Waals surface area (Å²) in [5, 5.41) is 0. The molecule has 4 heteroatoms. The summed E-state index contributed by atoms with van der Waals surface area (Å²) in [6.07, 6.45) is 4.44. The summed E-state index contributed by atoms with van der Waals surface area (Å²) in [6, 6.07) is 3.55.